The lowest BCUT2D eigenvalue weighted by Gasteiger charge is -2.35. The molecule has 2 aromatic carbocycles. The van der Waals surface area contributed by atoms with Crippen molar-refractivity contribution in [2.75, 3.05) is 46.3 Å². The monoisotopic (exact) mass is 576 g/mol. The van der Waals surface area contributed by atoms with Gasteiger partial charge in [-0.3, -0.25) is 4.90 Å². The number of aromatic nitrogens is 2. The number of nitrogens with zero attached hydrogens (tertiary/aromatic N) is 3. The number of fused-ring (bicyclic) bond motifs is 1. The molecule has 4 rings (SSSR count). The topological polar surface area (TPSA) is 89.0 Å². The van der Waals surface area contributed by atoms with E-state index >= 15 is 4.39 Å². The predicted molar refractivity (Wildman–Crippen MR) is 151 cm³/mol. The number of alkyl halides is 2. The number of methoxy groups -OCH3 is 2. The number of halogens is 3. The Kier molecular flexibility index (Phi) is 8.73. The molecule has 0 unspecified atom stereocenters. The fourth-order valence-electron chi connectivity index (χ4n) is 5.33. The van der Waals surface area contributed by atoms with Crippen LogP contribution in [0.2, 0.25) is 0 Å². The van der Waals surface area contributed by atoms with E-state index in [1.165, 1.54) is 12.1 Å². The van der Waals surface area contributed by atoms with E-state index in [9.17, 15) is 13.9 Å². The maximum Gasteiger partial charge on any atom is 0.303 e. The van der Waals surface area contributed by atoms with E-state index in [1.807, 2.05) is 0 Å². The van der Waals surface area contributed by atoms with E-state index < -0.39 is 28.9 Å². The first-order valence-corrected chi connectivity index (χ1v) is 13.6. The van der Waals surface area contributed by atoms with Gasteiger partial charge in [0.15, 0.2) is 11.5 Å². The number of rotatable bonds is 11. The smallest absolute Gasteiger partial charge is 0.303 e. The number of hydrogen-bond donors (Lipinski definition) is 2. The second-order valence-electron chi connectivity index (χ2n) is 11.3. The molecule has 3 aromatic rings. The van der Waals surface area contributed by atoms with Gasteiger partial charge >= 0.3 is 5.92 Å². The highest BCUT2D eigenvalue weighted by atomic mass is 19.3. The van der Waals surface area contributed by atoms with Crippen molar-refractivity contribution in [2.45, 2.75) is 63.6 Å². The molecule has 224 valence electrons. The number of aliphatic hydroxyl groups is 1. The van der Waals surface area contributed by atoms with Gasteiger partial charge in [-0.15, -0.1) is 0 Å². The van der Waals surface area contributed by atoms with Crippen molar-refractivity contribution < 1.29 is 32.5 Å². The van der Waals surface area contributed by atoms with E-state index in [-0.39, 0.29) is 11.1 Å². The van der Waals surface area contributed by atoms with Gasteiger partial charge in [-0.25, -0.2) is 14.4 Å². The third-order valence-corrected chi connectivity index (χ3v) is 7.90. The molecule has 0 aliphatic carbocycles. The van der Waals surface area contributed by atoms with Gasteiger partial charge < -0.3 is 24.6 Å². The van der Waals surface area contributed by atoms with Crippen LogP contribution in [0.25, 0.3) is 10.9 Å². The highest BCUT2D eigenvalue weighted by molar-refractivity contribution is 5.92. The largest absolute Gasteiger partial charge is 0.493 e. The van der Waals surface area contributed by atoms with Crippen LogP contribution >= 0.6 is 0 Å². The summed E-state index contributed by atoms with van der Waals surface area (Å²) < 4.78 is 62.7. The minimum atomic E-state index is -3.80. The average Bonchev–Trinajstić information content (AvgIpc) is 3.26. The molecule has 41 heavy (non-hydrogen) atoms. The molecule has 0 bridgehead atoms. The minimum Gasteiger partial charge on any atom is -0.493 e. The molecule has 1 aromatic heterocycles. The number of ether oxygens (including phenoxy) is 3. The van der Waals surface area contributed by atoms with Crippen LogP contribution in [0.1, 0.15) is 56.6 Å². The highest BCUT2D eigenvalue weighted by Crippen LogP contribution is 2.42. The molecule has 1 saturated heterocycles. The Bertz CT molecular complexity index is 1400. The molecule has 11 heteroatoms. The predicted octanol–water partition coefficient (Wildman–Crippen LogP) is 5.61. The lowest BCUT2D eigenvalue weighted by Crippen LogP contribution is -2.50. The molecule has 0 spiro atoms. The molecule has 1 fully saturated rings. The first-order valence-electron chi connectivity index (χ1n) is 13.6. The summed E-state index contributed by atoms with van der Waals surface area (Å²) in [5.74, 6) is -3.08. The summed E-state index contributed by atoms with van der Waals surface area (Å²) in [5.41, 5.74) is -3.02. The van der Waals surface area contributed by atoms with Crippen LogP contribution in [-0.2, 0) is 10.7 Å². The summed E-state index contributed by atoms with van der Waals surface area (Å²) in [7, 11) is 5.28. The van der Waals surface area contributed by atoms with Crippen LogP contribution in [-0.4, -0.2) is 72.1 Å². The molecule has 0 amide bonds. The van der Waals surface area contributed by atoms with Crippen molar-refractivity contribution in [1.29, 1.82) is 0 Å². The number of likely N-dealkylation sites (tertiary alicyclic amines) is 1. The van der Waals surface area contributed by atoms with Crippen molar-refractivity contribution >= 4 is 16.7 Å². The van der Waals surface area contributed by atoms with Crippen molar-refractivity contribution in [3.8, 4) is 11.5 Å². The minimum absolute atomic E-state index is 0.00611. The number of benzene rings is 2. The highest BCUT2D eigenvalue weighted by Gasteiger charge is 2.49. The zero-order valence-electron chi connectivity index (χ0n) is 24.6. The Morgan fingerprint density at radius 2 is 1.88 bits per heavy atom. The maximum atomic E-state index is 15.5. The summed E-state index contributed by atoms with van der Waals surface area (Å²) in [5, 5.41) is 13.8. The van der Waals surface area contributed by atoms with Gasteiger partial charge in [0.1, 0.15) is 29.7 Å². The summed E-state index contributed by atoms with van der Waals surface area (Å²) in [6, 6.07) is 6.53. The Morgan fingerprint density at radius 1 is 1.15 bits per heavy atom. The van der Waals surface area contributed by atoms with Crippen LogP contribution in [0, 0.1) is 12.7 Å². The van der Waals surface area contributed by atoms with Gasteiger partial charge in [-0.05, 0) is 66.3 Å². The molecule has 2 heterocycles. The molecule has 0 saturated carbocycles. The zero-order chi connectivity index (χ0) is 30.2. The van der Waals surface area contributed by atoms with Crippen LogP contribution in [0.5, 0.6) is 11.5 Å². The zero-order valence-corrected chi connectivity index (χ0v) is 24.6. The van der Waals surface area contributed by atoms with Gasteiger partial charge in [-0.2, -0.15) is 8.78 Å². The van der Waals surface area contributed by atoms with E-state index in [0.717, 1.165) is 39.3 Å². The average molecular weight is 577 g/mol. The number of hydrogen-bond acceptors (Lipinski definition) is 8. The number of aryl methyl sites for hydroxylation is 1. The SMILES string of the molecule is COC[C@]1(COc2cc3c(N[C@H](C)c4cccc(C(F)(F)C(C)(C)O)c4F)nc(C)nc3cc2OC)CCCN1C. The summed E-state index contributed by atoms with van der Waals surface area (Å²) in [6.07, 6.45) is 1.97. The molecular formula is C30H39F3N4O4. The van der Waals surface area contributed by atoms with Crippen molar-refractivity contribution in [1.82, 2.24) is 14.9 Å². The third kappa shape index (κ3) is 5.93. The van der Waals surface area contributed by atoms with E-state index in [1.54, 1.807) is 40.2 Å². The Hall–Kier alpha value is -3.15. The van der Waals surface area contributed by atoms with Gasteiger partial charge in [0.05, 0.1) is 36.4 Å². The van der Waals surface area contributed by atoms with E-state index in [4.69, 9.17) is 14.2 Å². The molecular weight excluding hydrogens is 537 g/mol. The lowest BCUT2D eigenvalue weighted by atomic mass is 9.91. The van der Waals surface area contributed by atoms with Crippen LogP contribution in [0.3, 0.4) is 0 Å². The fraction of sp³-hybridized carbons (Fsp3) is 0.533. The van der Waals surface area contributed by atoms with Gasteiger partial charge in [0, 0.05) is 24.1 Å². The lowest BCUT2D eigenvalue weighted by molar-refractivity contribution is -0.170. The number of nitrogens with one attached hydrogen (secondary N) is 1. The van der Waals surface area contributed by atoms with Crippen LogP contribution in [0.4, 0.5) is 19.0 Å². The number of likely N-dealkylation sites (N-methyl/N-ethyl adjacent to an activating group) is 1. The van der Waals surface area contributed by atoms with Crippen LogP contribution in [0.15, 0.2) is 30.3 Å². The van der Waals surface area contributed by atoms with Gasteiger partial charge in [0.25, 0.3) is 0 Å². The summed E-state index contributed by atoms with van der Waals surface area (Å²) in [4.78, 5) is 11.3. The molecule has 0 radical (unpaired) electrons. The van der Waals surface area contributed by atoms with E-state index in [0.29, 0.717) is 47.3 Å². The quantitative estimate of drug-likeness (QED) is 0.305. The van der Waals surface area contributed by atoms with Gasteiger partial charge in [-0.1, -0.05) is 12.1 Å². The summed E-state index contributed by atoms with van der Waals surface area (Å²) >= 11 is 0. The Morgan fingerprint density at radius 3 is 2.49 bits per heavy atom. The fourth-order valence-corrected chi connectivity index (χ4v) is 5.33. The summed E-state index contributed by atoms with van der Waals surface area (Å²) in [6.45, 7) is 7.11. The Labute approximate surface area is 238 Å². The van der Waals surface area contributed by atoms with Crippen molar-refractivity contribution in [3.63, 3.8) is 0 Å². The second-order valence-corrected chi connectivity index (χ2v) is 11.3. The Balaban J connectivity index is 1.70. The van der Waals surface area contributed by atoms with Crippen LogP contribution < -0.4 is 14.8 Å². The third-order valence-electron chi connectivity index (χ3n) is 7.90. The molecule has 1 aliphatic heterocycles. The second kappa shape index (κ2) is 11.6. The number of anilines is 1. The van der Waals surface area contributed by atoms with Gasteiger partial charge in [0.2, 0.25) is 0 Å². The first kappa shape index (κ1) is 30.8. The standard InChI is InChI=1S/C30H39F3N4O4/c1-18(20-10-8-11-22(26(20)31)30(32,33)28(3,4)38)34-27-21-14-25(24(40-7)15-23(21)35-19(2)36-27)41-17-29(16-39-6)12-9-13-37(29)5/h8,10-11,14-15,18,38H,9,12-13,16-17H2,1-7H3,(H,34,35,36)/t18-,29+/m1/s1. The molecule has 1 aliphatic rings. The first-order chi connectivity index (χ1) is 19.2. The van der Waals surface area contributed by atoms with E-state index in [2.05, 4.69) is 27.2 Å². The van der Waals surface area contributed by atoms with Crippen molar-refractivity contribution in [3.05, 3.63) is 53.1 Å². The molecule has 8 nitrogen and oxygen atoms in total. The molecule has 2 atom stereocenters. The van der Waals surface area contributed by atoms with Crippen molar-refractivity contribution in [2.24, 2.45) is 0 Å². The molecule has 2 N–H and O–H groups in total. The maximum absolute atomic E-state index is 15.5. The normalized spacial score (nSPS) is 19.0.